The summed E-state index contributed by atoms with van der Waals surface area (Å²) in [4.78, 5) is 15.5. The first kappa shape index (κ1) is 13.3. The van der Waals surface area contributed by atoms with E-state index in [1.165, 1.54) is 0 Å². The van der Waals surface area contributed by atoms with Gasteiger partial charge in [-0.3, -0.25) is 4.79 Å². The van der Waals surface area contributed by atoms with E-state index in [1.807, 2.05) is 19.1 Å². The number of carboxylic acid groups (broad SMARTS) is 1. The Morgan fingerprint density at radius 2 is 2.44 bits per heavy atom. The minimum absolute atomic E-state index is 0.299. The van der Waals surface area contributed by atoms with Gasteiger partial charge in [0.1, 0.15) is 5.15 Å². The number of rotatable bonds is 4. The van der Waals surface area contributed by atoms with Crippen LogP contribution >= 0.6 is 11.6 Å². The minimum atomic E-state index is -0.646. The first-order valence-electron chi connectivity index (χ1n) is 6.42. The van der Waals surface area contributed by atoms with Gasteiger partial charge >= 0.3 is 5.97 Å². The first-order valence-corrected chi connectivity index (χ1v) is 6.80. The molecule has 0 aromatic carbocycles. The first-order chi connectivity index (χ1) is 8.57. The van der Waals surface area contributed by atoms with Gasteiger partial charge in [-0.05, 0) is 49.3 Å². The highest BCUT2D eigenvalue weighted by molar-refractivity contribution is 6.29. The van der Waals surface area contributed by atoms with Crippen molar-refractivity contribution in [3.05, 3.63) is 29.0 Å². The third-order valence-electron chi connectivity index (χ3n) is 4.01. The Hall–Kier alpha value is -1.09. The van der Waals surface area contributed by atoms with Crippen LogP contribution in [0.3, 0.4) is 0 Å². The zero-order valence-electron chi connectivity index (χ0n) is 10.5. The van der Waals surface area contributed by atoms with E-state index in [0.717, 1.165) is 37.7 Å². The molecule has 0 radical (unpaired) electrons. The van der Waals surface area contributed by atoms with Gasteiger partial charge in [0.05, 0.1) is 5.41 Å². The molecule has 1 heterocycles. The third-order valence-corrected chi connectivity index (χ3v) is 4.22. The maximum Gasteiger partial charge on any atom is 0.309 e. The second-order valence-corrected chi connectivity index (χ2v) is 5.57. The summed E-state index contributed by atoms with van der Waals surface area (Å²) in [5, 5.41) is 9.96. The van der Waals surface area contributed by atoms with E-state index in [0.29, 0.717) is 11.1 Å². The molecule has 98 valence electrons. The number of aliphatic carboxylic acids is 1. The summed E-state index contributed by atoms with van der Waals surface area (Å²) in [6, 6.07) is 3.80. The summed E-state index contributed by atoms with van der Waals surface area (Å²) in [7, 11) is 0. The molecule has 1 aromatic heterocycles. The molecule has 2 rings (SSSR count). The molecule has 1 aromatic rings. The molecule has 0 saturated heterocycles. The number of nitrogens with zero attached hydrogens (tertiary/aromatic N) is 1. The normalized spacial score (nSPS) is 27.3. The summed E-state index contributed by atoms with van der Waals surface area (Å²) in [6.45, 7) is 2.04. The van der Waals surface area contributed by atoms with E-state index in [9.17, 15) is 9.90 Å². The highest BCUT2D eigenvalue weighted by Crippen LogP contribution is 2.49. The number of halogens is 1. The Morgan fingerprint density at radius 1 is 1.67 bits per heavy atom. The van der Waals surface area contributed by atoms with Crippen LogP contribution in [0.25, 0.3) is 0 Å². The summed E-state index contributed by atoms with van der Waals surface area (Å²) < 4.78 is 0. The molecule has 0 bridgehead atoms. The van der Waals surface area contributed by atoms with Crippen molar-refractivity contribution in [2.75, 3.05) is 0 Å². The van der Waals surface area contributed by atoms with E-state index in [2.05, 4.69) is 4.98 Å². The quantitative estimate of drug-likeness (QED) is 0.843. The van der Waals surface area contributed by atoms with Crippen molar-refractivity contribution < 1.29 is 9.90 Å². The van der Waals surface area contributed by atoms with Crippen molar-refractivity contribution >= 4 is 17.6 Å². The van der Waals surface area contributed by atoms with Crippen LogP contribution < -0.4 is 0 Å². The van der Waals surface area contributed by atoms with Gasteiger partial charge in [0.25, 0.3) is 0 Å². The topological polar surface area (TPSA) is 50.2 Å². The monoisotopic (exact) mass is 267 g/mol. The average molecular weight is 268 g/mol. The summed E-state index contributed by atoms with van der Waals surface area (Å²) in [6.07, 6.45) is 5.77. The fourth-order valence-electron chi connectivity index (χ4n) is 3.09. The molecule has 1 fully saturated rings. The molecule has 2 unspecified atom stereocenters. The van der Waals surface area contributed by atoms with Crippen molar-refractivity contribution in [3.8, 4) is 0 Å². The van der Waals surface area contributed by atoms with Gasteiger partial charge < -0.3 is 5.11 Å². The maximum atomic E-state index is 11.5. The molecule has 1 aliphatic carbocycles. The predicted octanol–water partition coefficient (Wildman–Crippen LogP) is 3.87. The molecule has 1 N–H and O–H groups in total. The van der Waals surface area contributed by atoms with Crippen molar-refractivity contribution in [1.82, 2.24) is 4.98 Å². The van der Waals surface area contributed by atoms with Gasteiger partial charge in [0, 0.05) is 6.20 Å². The van der Waals surface area contributed by atoms with E-state index < -0.39 is 11.4 Å². The molecule has 0 amide bonds. The zero-order valence-corrected chi connectivity index (χ0v) is 11.3. The van der Waals surface area contributed by atoms with Crippen LogP contribution in [-0.4, -0.2) is 16.1 Å². The standard InChI is InChI=1S/C14H18ClNO2/c1-2-5-14(13(17)18)6-3-11(9-14)10-4-7-16-12(15)8-10/h4,7-8,11H,2-3,5-6,9H2,1H3,(H,17,18). The number of pyridine rings is 1. The largest absolute Gasteiger partial charge is 0.481 e. The molecule has 0 aliphatic heterocycles. The molecular formula is C14H18ClNO2. The molecule has 18 heavy (non-hydrogen) atoms. The summed E-state index contributed by atoms with van der Waals surface area (Å²) in [5.41, 5.74) is 0.587. The highest BCUT2D eigenvalue weighted by Gasteiger charge is 2.44. The molecule has 4 heteroatoms. The SMILES string of the molecule is CCCC1(C(=O)O)CCC(c2ccnc(Cl)c2)C1. The maximum absolute atomic E-state index is 11.5. The lowest BCUT2D eigenvalue weighted by Crippen LogP contribution is -2.27. The fraction of sp³-hybridized carbons (Fsp3) is 0.571. The lowest BCUT2D eigenvalue weighted by atomic mass is 9.80. The lowest BCUT2D eigenvalue weighted by Gasteiger charge is -2.23. The van der Waals surface area contributed by atoms with E-state index in [-0.39, 0.29) is 0 Å². The summed E-state index contributed by atoms with van der Waals surface area (Å²) in [5.74, 6) is -0.347. The van der Waals surface area contributed by atoms with Gasteiger partial charge in [-0.25, -0.2) is 4.98 Å². The second-order valence-electron chi connectivity index (χ2n) is 5.19. The van der Waals surface area contributed by atoms with Gasteiger partial charge in [-0.15, -0.1) is 0 Å². The fourth-order valence-corrected chi connectivity index (χ4v) is 3.27. The van der Waals surface area contributed by atoms with Crippen molar-refractivity contribution in [3.63, 3.8) is 0 Å². The Balaban J connectivity index is 2.18. The Bertz CT molecular complexity index is 449. The smallest absolute Gasteiger partial charge is 0.309 e. The van der Waals surface area contributed by atoms with Crippen LogP contribution in [0.5, 0.6) is 0 Å². The Labute approximate surface area is 112 Å². The van der Waals surface area contributed by atoms with Gasteiger partial charge in [-0.2, -0.15) is 0 Å². The lowest BCUT2D eigenvalue weighted by molar-refractivity contribution is -0.149. The molecule has 2 atom stereocenters. The second kappa shape index (κ2) is 5.27. The van der Waals surface area contributed by atoms with Crippen molar-refractivity contribution in [2.24, 2.45) is 5.41 Å². The molecule has 0 spiro atoms. The predicted molar refractivity (Wildman–Crippen MR) is 70.8 cm³/mol. The Kier molecular flexibility index (Phi) is 3.91. The van der Waals surface area contributed by atoms with Gasteiger partial charge in [0.15, 0.2) is 0 Å². The highest BCUT2D eigenvalue weighted by atomic mass is 35.5. The van der Waals surface area contributed by atoms with Crippen LogP contribution in [0.15, 0.2) is 18.3 Å². The molecule has 1 saturated carbocycles. The van der Waals surface area contributed by atoms with Crippen LogP contribution in [-0.2, 0) is 4.79 Å². The Morgan fingerprint density at radius 3 is 3.06 bits per heavy atom. The van der Waals surface area contributed by atoms with E-state index >= 15 is 0 Å². The van der Waals surface area contributed by atoms with Crippen molar-refractivity contribution in [2.45, 2.75) is 44.9 Å². The number of hydrogen-bond acceptors (Lipinski definition) is 2. The number of aromatic nitrogens is 1. The minimum Gasteiger partial charge on any atom is -0.481 e. The zero-order chi connectivity index (χ0) is 13.2. The average Bonchev–Trinajstić information content (AvgIpc) is 2.75. The number of hydrogen-bond donors (Lipinski definition) is 1. The number of carboxylic acids is 1. The van der Waals surface area contributed by atoms with Crippen LogP contribution in [0.1, 0.15) is 50.5 Å². The molecule has 1 aliphatic rings. The molecular weight excluding hydrogens is 250 g/mol. The van der Waals surface area contributed by atoms with E-state index in [1.54, 1.807) is 6.20 Å². The van der Waals surface area contributed by atoms with E-state index in [4.69, 9.17) is 11.6 Å². The van der Waals surface area contributed by atoms with Crippen LogP contribution in [0.4, 0.5) is 0 Å². The molecule has 3 nitrogen and oxygen atoms in total. The van der Waals surface area contributed by atoms with Gasteiger partial charge in [0.2, 0.25) is 0 Å². The van der Waals surface area contributed by atoms with Crippen molar-refractivity contribution in [1.29, 1.82) is 0 Å². The van der Waals surface area contributed by atoms with Crippen LogP contribution in [0, 0.1) is 5.41 Å². The van der Waals surface area contributed by atoms with Crippen LogP contribution in [0.2, 0.25) is 5.15 Å². The van der Waals surface area contributed by atoms with Gasteiger partial charge in [-0.1, -0.05) is 24.9 Å². The summed E-state index contributed by atoms with van der Waals surface area (Å²) >= 11 is 5.89. The third kappa shape index (κ3) is 2.51. The number of carbonyl (C=O) groups is 1.